The van der Waals surface area contributed by atoms with E-state index >= 15 is 0 Å². The predicted octanol–water partition coefficient (Wildman–Crippen LogP) is 4.81. The molecule has 0 saturated heterocycles. The number of benzene rings is 1. The molecule has 0 amide bonds. The van der Waals surface area contributed by atoms with Crippen molar-refractivity contribution in [3.05, 3.63) is 33.8 Å². The third-order valence-electron chi connectivity index (χ3n) is 4.65. The van der Waals surface area contributed by atoms with Crippen molar-refractivity contribution in [3.63, 3.8) is 0 Å². The number of hydrogen-bond donors (Lipinski definition) is 1. The molecule has 1 aromatic carbocycles. The lowest BCUT2D eigenvalue weighted by atomic mass is 9.76. The van der Waals surface area contributed by atoms with E-state index in [1.165, 1.54) is 31.4 Å². The molecule has 1 aliphatic carbocycles. The third kappa shape index (κ3) is 3.59. The van der Waals surface area contributed by atoms with Crippen LogP contribution in [0.25, 0.3) is 0 Å². The minimum Gasteiger partial charge on any atom is -0.327 e. The summed E-state index contributed by atoms with van der Waals surface area (Å²) < 4.78 is 28.0. The summed E-state index contributed by atoms with van der Waals surface area (Å²) in [6, 6.07) is 2.53. The van der Waals surface area contributed by atoms with Crippen molar-refractivity contribution in [2.24, 2.45) is 17.6 Å². The zero-order valence-corrected chi connectivity index (χ0v) is 13.4. The molecular formula is C16H22BrF2N. The van der Waals surface area contributed by atoms with Crippen molar-refractivity contribution in [2.45, 2.75) is 51.5 Å². The van der Waals surface area contributed by atoms with E-state index in [0.29, 0.717) is 10.4 Å². The van der Waals surface area contributed by atoms with Gasteiger partial charge >= 0.3 is 0 Å². The maximum atomic E-state index is 14.0. The number of rotatable bonds is 4. The summed E-state index contributed by atoms with van der Waals surface area (Å²) in [6.45, 7) is 2.22. The standard InChI is InChI=1S/C16H22BrF2N/c1-2-10-3-5-11(6-4-10)15(20)9-12-14(18)8-7-13(17)16(12)19/h7-8,10-11,15H,2-6,9,20H2,1H3. The molecule has 1 aliphatic rings. The molecule has 0 bridgehead atoms. The first-order valence-corrected chi connectivity index (χ1v) is 8.20. The maximum absolute atomic E-state index is 14.0. The zero-order valence-electron chi connectivity index (χ0n) is 11.8. The lowest BCUT2D eigenvalue weighted by Crippen LogP contribution is -2.35. The third-order valence-corrected chi connectivity index (χ3v) is 5.27. The van der Waals surface area contributed by atoms with Gasteiger partial charge in [-0.2, -0.15) is 0 Å². The Labute approximate surface area is 128 Å². The monoisotopic (exact) mass is 345 g/mol. The second kappa shape index (κ2) is 6.99. The molecule has 1 saturated carbocycles. The van der Waals surface area contributed by atoms with E-state index in [4.69, 9.17) is 5.73 Å². The Morgan fingerprint density at radius 2 is 1.90 bits per heavy atom. The van der Waals surface area contributed by atoms with Crippen LogP contribution in [0.15, 0.2) is 16.6 Å². The van der Waals surface area contributed by atoms with Gasteiger partial charge in [-0.05, 0) is 59.2 Å². The number of hydrogen-bond acceptors (Lipinski definition) is 1. The van der Waals surface area contributed by atoms with Gasteiger partial charge in [0.1, 0.15) is 11.6 Å². The van der Waals surface area contributed by atoms with E-state index in [1.54, 1.807) is 0 Å². The van der Waals surface area contributed by atoms with Gasteiger partial charge in [0.15, 0.2) is 0 Å². The van der Waals surface area contributed by atoms with Crippen molar-refractivity contribution in [1.29, 1.82) is 0 Å². The summed E-state index contributed by atoms with van der Waals surface area (Å²) in [4.78, 5) is 0. The molecule has 4 heteroatoms. The summed E-state index contributed by atoms with van der Waals surface area (Å²) in [5.41, 5.74) is 6.32. The lowest BCUT2D eigenvalue weighted by Gasteiger charge is -2.32. The van der Waals surface area contributed by atoms with E-state index in [1.807, 2.05) is 0 Å². The molecule has 0 aliphatic heterocycles. The SMILES string of the molecule is CCC1CCC(C(N)Cc2c(F)ccc(Br)c2F)CC1. The Morgan fingerprint density at radius 3 is 2.50 bits per heavy atom. The first-order valence-electron chi connectivity index (χ1n) is 7.40. The van der Waals surface area contributed by atoms with Gasteiger partial charge < -0.3 is 5.73 Å². The molecule has 1 nitrogen and oxygen atoms in total. The first kappa shape index (κ1) is 15.9. The summed E-state index contributed by atoms with van der Waals surface area (Å²) in [5, 5.41) is 0. The predicted molar refractivity (Wildman–Crippen MR) is 81.5 cm³/mol. The second-order valence-electron chi connectivity index (χ2n) is 5.88. The molecule has 1 atom stereocenters. The minimum absolute atomic E-state index is 0.115. The summed E-state index contributed by atoms with van der Waals surface area (Å²) in [6.07, 6.45) is 6.04. The van der Waals surface area contributed by atoms with Crippen molar-refractivity contribution in [1.82, 2.24) is 0 Å². The van der Waals surface area contributed by atoms with Crippen molar-refractivity contribution in [2.75, 3.05) is 0 Å². The average molecular weight is 346 g/mol. The molecular weight excluding hydrogens is 324 g/mol. The van der Waals surface area contributed by atoms with Gasteiger partial charge in [0.05, 0.1) is 4.47 Å². The molecule has 2 N–H and O–H groups in total. The van der Waals surface area contributed by atoms with Gasteiger partial charge in [0, 0.05) is 11.6 Å². The van der Waals surface area contributed by atoms with E-state index in [0.717, 1.165) is 18.8 Å². The second-order valence-corrected chi connectivity index (χ2v) is 6.73. The first-order chi connectivity index (χ1) is 9.52. The van der Waals surface area contributed by atoms with E-state index < -0.39 is 11.6 Å². The normalized spacial score (nSPS) is 24.6. The topological polar surface area (TPSA) is 26.0 Å². The van der Waals surface area contributed by atoms with Crippen LogP contribution in [-0.4, -0.2) is 6.04 Å². The van der Waals surface area contributed by atoms with Crippen LogP contribution in [0, 0.1) is 23.5 Å². The Bertz CT molecular complexity index is 456. The largest absolute Gasteiger partial charge is 0.327 e. The average Bonchev–Trinajstić information content (AvgIpc) is 2.47. The summed E-state index contributed by atoms with van der Waals surface area (Å²) in [5.74, 6) is 0.180. The highest BCUT2D eigenvalue weighted by Crippen LogP contribution is 2.33. The molecule has 1 unspecified atom stereocenters. The lowest BCUT2D eigenvalue weighted by molar-refractivity contribution is 0.236. The van der Waals surface area contributed by atoms with Crippen molar-refractivity contribution in [3.8, 4) is 0 Å². The number of halogens is 3. The Balaban J connectivity index is 2.02. The molecule has 2 rings (SSSR count). The zero-order chi connectivity index (χ0) is 14.7. The molecule has 1 aromatic rings. The molecule has 0 heterocycles. The minimum atomic E-state index is -0.511. The van der Waals surface area contributed by atoms with E-state index in [2.05, 4.69) is 22.9 Å². The fraction of sp³-hybridized carbons (Fsp3) is 0.625. The Morgan fingerprint density at radius 1 is 1.25 bits per heavy atom. The van der Waals surface area contributed by atoms with Crippen LogP contribution in [0.5, 0.6) is 0 Å². The smallest absolute Gasteiger partial charge is 0.143 e. The van der Waals surface area contributed by atoms with Crippen LogP contribution in [0.2, 0.25) is 0 Å². The molecule has 1 fully saturated rings. The highest BCUT2D eigenvalue weighted by atomic mass is 79.9. The van der Waals surface area contributed by atoms with Crippen LogP contribution in [-0.2, 0) is 6.42 Å². The molecule has 0 radical (unpaired) electrons. The molecule has 112 valence electrons. The van der Waals surface area contributed by atoms with Gasteiger partial charge in [0.2, 0.25) is 0 Å². The molecule has 0 spiro atoms. The maximum Gasteiger partial charge on any atom is 0.143 e. The Kier molecular flexibility index (Phi) is 5.56. The highest BCUT2D eigenvalue weighted by Gasteiger charge is 2.26. The summed E-state index contributed by atoms with van der Waals surface area (Å²) in [7, 11) is 0. The fourth-order valence-electron chi connectivity index (χ4n) is 3.18. The molecule has 20 heavy (non-hydrogen) atoms. The van der Waals surface area contributed by atoms with E-state index in [-0.39, 0.29) is 18.0 Å². The van der Waals surface area contributed by atoms with Gasteiger partial charge in [-0.25, -0.2) is 8.78 Å². The van der Waals surface area contributed by atoms with Crippen LogP contribution in [0.1, 0.15) is 44.6 Å². The fourth-order valence-corrected chi connectivity index (χ4v) is 3.55. The van der Waals surface area contributed by atoms with Crippen LogP contribution < -0.4 is 5.73 Å². The summed E-state index contributed by atoms with van der Waals surface area (Å²) >= 11 is 3.10. The van der Waals surface area contributed by atoms with Gasteiger partial charge in [-0.3, -0.25) is 0 Å². The Hall–Kier alpha value is -0.480. The van der Waals surface area contributed by atoms with Gasteiger partial charge in [0.25, 0.3) is 0 Å². The molecule has 0 aromatic heterocycles. The highest BCUT2D eigenvalue weighted by molar-refractivity contribution is 9.10. The van der Waals surface area contributed by atoms with Crippen LogP contribution in [0.3, 0.4) is 0 Å². The quantitative estimate of drug-likeness (QED) is 0.778. The van der Waals surface area contributed by atoms with Crippen molar-refractivity contribution < 1.29 is 8.78 Å². The van der Waals surface area contributed by atoms with Crippen molar-refractivity contribution >= 4 is 15.9 Å². The van der Waals surface area contributed by atoms with Gasteiger partial charge in [-0.1, -0.05) is 26.2 Å². The number of nitrogens with two attached hydrogens (primary N) is 1. The van der Waals surface area contributed by atoms with Crippen LogP contribution in [0.4, 0.5) is 8.78 Å². The van der Waals surface area contributed by atoms with E-state index in [9.17, 15) is 8.78 Å². The van der Waals surface area contributed by atoms with Gasteiger partial charge in [-0.15, -0.1) is 0 Å². The van der Waals surface area contributed by atoms with Crippen LogP contribution >= 0.6 is 15.9 Å².